The topological polar surface area (TPSA) is 104 Å². The zero-order valence-corrected chi connectivity index (χ0v) is 5.98. The number of aliphatic hydroxyl groups is 1. The van der Waals surface area contributed by atoms with E-state index < -0.39 is 18.5 Å². The molecule has 6 nitrogen and oxygen atoms in total. The highest BCUT2D eigenvalue weighted by Gasteiger charge is 1.87. The number of methoxy groups -OCH3 is 1. The minimum atomic E-state index is -1.19. The lowest BCUT2D eigenvalue weighted by atomic mass is 10.8. The van der Waals surface area contributed by atoms with Crippen LogP contribution in [0.5, 0.6) is 0 Å². The Kier molecular flexibility index (Phi) is 10.1. The number of hydrogen-bond donors (Lipinski definition) is 3. The second kappa shape index (κ2) is 8.86. The molecule has 0 radical (unpaired) electrons. The van der Waals surface area contributed by atoms with E-state index in [2.05, 4.69) is 4.74 Å². The molecular formula is C5H10O6. The van der Waals surface area contributed by atoms with Gasteiger partial charge in [-0.05, 0) is 0 Å². The average molecular weight is 166 g/mol. The second-order valence-corrected chi connectivity index (χ2v) is 1.38. The molecule has 0 aromatic rings. The maximum absolute atomic E-state index is 9.47. The zero-order valence-electron chi connectivity index (χ0n) is 5.98. The van der Waals surface area contributed by atoms with Gasteiger partial charge in [-0.1, -0.05) is 0 Å². The van der Waals surface area contributed by atoms with Crippen molar-refractivity contribution in [2.75, 3.05) is 20.3 Å². The van der Waals surface area contributed by atoms with Crippen molar-refractivity contribution in [1.82, 2.24) is 0 Å². The molecule has 0 saturated heterocycles. The van der Waals surface area contributed by atoms with Crippen LogP contribution in [-0.2, 0) is 14.3 Å². The third kappa shape index (κ3) is 28.0. The van der Waals surface area contributed by atoms with Gasteiger partial charge in [0.2, 0.25) is 0 Å². The summed E-state index contributed by atoms with van der Waals surface area (Å²) in [6.07, 6.45) is 0. The Morgan fingerprint density at radius 2 is 1.64 bits per heavy atom. The summed E-state index contributed by atoms with van der Waals surface area (Å²) in [4.78, 5) is 18.6. The predicted molar refractivity (Wildman–Crippen MR) is 34.2 cm³/mol. The maximum Gasteiger partial charge on any atom is 0.329 e. The minimum absolute atomic E-state index is 0.208. The molecular weight excluding hydrogens is 156 g/mol. The van der Waals surface area contributed by atoms with Crippen molar-refractivity contribution in [1.29, 1.82) is 0 Å². The zero-order chi connectivity index (χ0) is 9.28. The predicted octanol–water partition coefficient (Wildman–Crippen LogP) is -1.22. The van der Waals surface area contributed by atoms with Crippen LogP contribution >= 0.6 is 0 Å². The van der Waals surface area contributed by atoms with Gasteiger partial charge in [0.05, 0.1) is 0 Å². The molecule has 0 atom stereocenters. The monoisotopic (exact) mass is 166 g/mol. The molecule has 0 heterocycles. The molecule has 0 aliphatic heterocycles. The van der Waals surface area contributed by atoms with E-state index in [0.717, 1.165) is 0 Å². The number of carboxylic acid groups (broad SMARTS) is 2. The molecule has 0 spiro atoms. The Morgan fingerprint density at radius 3 is 1.64 bits per heavy atom. The third-order valence-corrected chi connectivity index (χ3v) is 0.403. The number of carboxylic acids is 2. The van der Waals surface area contributed by atoms with Crippen molar-refractivity contribution in [2.24, 2.45) is 0 Å². The molecule has 0 amide bonds. The van der Waals surface area contributed by atoms with E-state index in [1.807, 2.05) is 0 Å². The SMILES string of the molecule is COCC(=O)O.O=C(O)CO. The van der Waals surface area contributed by atoms with Gasteiger partial charge in [-0.15, -0.1) is 0 Å². The van der Waals surface area contributed by atoms with Crippen LogP contribution in [0.15, 0.2) is 0 Å². The standard InChI is InChI=1S/C3H6O3.C2H4O3/c1-6-2-3(4)5;3-1-2(4)5/h2H2,1H3,(H,4,5);3H,1H2,(H,4,5). The van der Waals surface area contributed by atoms with Crippen LogP contribution in [0.2, 0.25) is 0 Å². The number of carbonyl (C=O) groups is 2. The highest BCUT2D eigenvalue weighted by Crippen LogP contribution is 1.61. The van der Waals surface area contributed by atoms with E-state index >= 15 is 0 Å². The number of hydrogen-bond acceptors (Lipinski definition) is 4. The van der Waals surface area contributed by atoms with Crippen LogP contribution < -0.4 is 0 Å². The van der Waals surface area contributed by atoms with Crippen LogP contribution in [0, 0.1) is 0 Å². The number of ether oxygens (including phenoxy) is 1. The molecule has 0 aliphatic carbocycles. The van der Waals surface area contributed by atoms with Crippen LogP contribution in [0.3, 0.4) is 0 Å². The number of aliphatic carboxylic acids is 2. The molecule has 0 aromatic heterocycles. The Labute approximate surface area is 63.0 Å². The molecule has 0 aromatic carbocycles. The average Bonchev–Trinajstić information content (AvgIpc) is 1.89. The molecule has 0 unspecified atom stereocenters. The summed E-state index contributed by atoms with van der Waals surface area (Å²) in [5, 5.41) is 22.8. The van der Waals surface area contributed by atoms with Gasteiger partial charge in [0.15, 0.2) is 0 Å². The van der Waals surface area contributed by atoms with Gasteiger partial charge in [-0.3, -0.25) is 0 Å². The van der Waals surface area contributed by atoms with Crippen LogP contribution in [0.1, 0.15) is 0 Å². The summed E-state index contributed by atoms with van der Waals surface area (Å²) in [6.45, 7) is -0.986. The quantitative estimate of drug-likeness (QED) is 0.485. The number of rotatable bonds is 3. The summed E-state index contributed by atoms with van der Waals surface area (Å²) >= 11 is 0. The third-order valence-electron chi connectivity index (χ3n) is 0.403. The molecule has 0 fully saturated rings. The summed E-state index contributed by atoms with van der Waals surface area (Å²) in [6, 6.07) is 0. The molecule has 11 heavy (non-hydrogen) atoms. The second-order valence-electron chi connectivity index (χ2n) is 1.38. The Hall–Kier alpha value is -1.14. The molecule has 0 rings (SSSR count). The smallest absolute Gasteiger partial charge is 0.329 e. The first kappa shape index (κ1) is 12.5. The first-order valence-electron chi connectivity index (χ1n) is 2.58. The van der Waals surface area contributed by atoms with Crippen molar-refractivity contribution in [2.45, 2.75) is 0 Å². The van der Waals surface area contributed by atoms with Gasteiger partial charge < -0.3 is 20.1 Å². The fourth-order valence-corrected chi connectivity index (χ4v) is 0.123. The van der Waals surface area contributed by atoms with E-state index in [4.69, 9.17) is 20.1 Å². The lowest BCUT2D eigenvalue weighted by Gasteiger charge is -1.83. The van der Waals surface area contributed by atoms with Gasteiger partial charge in [0, 0.05) is 7.11 Å². The van der Waals surface area contributed by atoms with Gasteiger partial charge in [0.25, 0.3) is 0 Å². The van der Waals surface area contributed by atoms with Crippen molar-refractivity contribution < 1.29 is 29.6 Å². The van der Waals surface area contributed by atoms with Crippen molar-refractivity contribution >= 4 is 11.9 Å². The lowest BCUT2D eigenvalue weighted by Crippen LogP contribution is -2.02. The van der Waals surface area contributed by atoms with Gasteiger partial charge in [0.1, 0.15) is 13.2 Å². The number of aliphatic hydroxyl groups excluding tert-OH is 1. The van der Waals surface area contributed by atoms with Crippen LogP contribution in [0.25, 0.3) is 0 Å². The first-order valence-corrected chi connectivity index (χ1v) is 2.58. The maximum atomic E-state index is 9.47. The first-order chi connectivity index (χ1) is 5.04. The summed E-state index contributed by atoms with van der Waals surface area (Å²) in [5.74, 6) is -2.12. The molecule has 0 bridgehead atoms. The fraction of sp³-hybridized carbons (Fsp3) is 0.600. The van der Waals surface area contributed by atoms with E-state index in [0.29, 0.717) is 0 Å². The summed E-state index contributed by atoms with van der Waals surface area (Å²) in [7, 11) is 1.34. The summed E-state index contributed by atoms with van der Waals surface area (Å²) in [5.41, 5.74) is 0. The van der Waals surface area contributed by atoms with E-state index in [-0.39, 0.29) is 6.61 Å². The van der Waals surface area contributed by atoms with Crippen molar-refractivity contribution in [3.05, 3.63) is 0 Å². The Balaban J connectivity index is 0. The van der Waals surface area contributed by atoms with Gasteiger partial charge >= 0.3 is 11.9 Å². The van der Waals surface area contributed by atoms with Gasteiger partial charge in [-0.2, -0.15) is 0 Å². The Bertz CT molecular complexity index is 120. The normalized spacial score (nSPS) is 7.82. The fourth-order valence-electron chi connectivity index (χ4n) is 0.123. The highest BCUT2D eigenvalue weighted by molar-refractivity contribution is 5.68. The van der Waals surface area contributed by atoms with Crippen molar-refractivity contribution in [3.8, 4) is 0 Å². The molecule has 0 aliphatic rings. The molecule has 66 valence electrons. The lowest BCUT2D eigenvalue weighted by molar-refractivity contribution is -0.141. The molecule has 6 heteroatoms. The van der Waals surface area contributed by atoms with Crippen LogP contribution in [-0.4, -0.2) is 47.6 Å². The van der Waals surface area contributed by atoms with E-state index in [9.17, 15) is 4.79 Å². The van der Waals surface area contributed by atoms with Crippen molar-refractivity contribution in [3.63, 3.8) is 0 Å². The van der Waals surface area contributed by atoms with E-state index in [1.54, 1.807) is 0 Å². The highest BCUT2D eigenvalue weighted by atomic mass is 16.5. The van der Waals surface area contributed by atoms with E-state index in [1.165, 1.54) is 7.11 Å². The van der Waals surface area contributed by atoms with Gasteiger partial charge in [-0.25, -0.2) is 9.59 Å². The minimum Gasteiger partial charge on any atom is -0.480 e. The molecule has 3 N–H and O–H groups in total. The largest absolute Gasteiger partial charge is 0.480 e. The Morgan fingerprint density at radius 1 is 1.27 bits per heavy atom. The molecule has 0 saturated carbocycles. The summed E-state index contributed by atoms with van der Waals surface area (Å²) < 4.78 is 4.20. The van der Waals surface area contributed by atoms with Crippen LogP contribution in [0.4, 0.5) is 0 Å².